The Hall–Kier alpha value is -0.160. The zero-order valence-electron chi connectivity index (χ0n) is 6.05. The summed E-state index contributed by atoms with van der Waals surface area (Å²) in [6.45, 7) is 1.68. The fourth-order valence-corrected chi connectivity index (χ4v) is 0.355. The molecule has 0 rings (SSSR count). The summed E-state index contributed by atoms with van der Waals surface area (Å²) in [5.41, 5.74) is 10.6. The Balaban J connectivity index is 3.92. The van der Waals surface area contributed by atoms with Crippen molar-refractivity contribution in [2.75, 3.05) is 14.2 Å². The van der Waals surface area contributed by atoms with Crippen LogP contribution in [0.15, 0.2) is 0 Å². The van der Waals surface area contributed by atoms with Crippen molar-refractivity contribution in [3.05, 3.63) is 0 Å². The molecule has 0 atom stereocenters. The number of ether oxygens (including phenoxy) is 2. The van der Waals surface area contributed by atoms with E-state index in [-0.39, 0.29) is 0 Å². The maximum Gasteiger partial charge on any atom is 0.193 e. The molecular formula is C5H14N2O2. The van der Waals surface area contributed by atoms with E-state index in [1.54, 1.807) is 6.92 Å². The second-order valence-electron chi connectivity index (χ2n) is 1.95. The first kappa shape index (κ1) is 8.84. The maximum absolute atomic E-state index is 5.32. The van der Waals surface area contributed by atoms with Crippen LogP contribution in [0, 0.1) is 0 Å². The average Bonchev–Trinajstić information content (AvgIpc) is 1.86. The van der Waals surface area contributed by atoms with Crippen LogP contribution < -0.4 is 11.5 Å². The van der Waals surface area contributed by atoms with Crippen molar-refractivity contribution in [1.29, 1.82) is 0 Å². The number of hydrogen-bond donors (Lipinski definition) is 2. The van der Waals surface area contributed by atoms with Crippen LogP contribution in [0.2, 0.25) is 0 Å². The van der Waals surface area contributed by atoms with Crippen LogP contribution in [0.25, 0.3) is 0 Å². The molecule has 0 spiro atoms. The molecule has 56 valence electrons. The van der Waals surface area contributed by atoms with Crippen molar-refractivity contribution in [2.45, 2.75) is 18.9 Å². The Morgan fingerprint density at radius 1 is 1.22 bits per heavy atom. The number of hydrogen-bond acceptors (Lipinski definition) is 4. The second-order valence-corrected chi connectivity index (χ2v) is 1.95. The van der Waals surface area contributed by atoms with Crippen LogP contribution >= 0.6 is 0 Å². The van der Waals surface area contributed by atoms with Crippen molar-refractivity contribution >= 4 is 0 Å². The van der Waals surface area contributed by atoms with Gasteiger partial charge in [0, 0.05) is 14.2 Å². The third-order valence-corrected chi connectivity index (χ3v) is 1.42. The summed E-state index contributed by atoms with van der Waals surface area (Å²) < 4.78 is 9.75. The Morgan fingerprint density at radius 2 is 1.56 bits per heavy atom. The van der Waals surface area contributed by atoms with E-state index in [1.807, 2.05) is 0 Å². The highest BCUT2D eigenvalue weighted by molar-refractivity contribution is 4.70. The van der Waals surface area contributed by atoms with Crippen LogP contribution in [0.5, 0.6) is 0 Å². The Kier molecular flexibility index (Phi) is 3.07. The van der Waals surface area contributed by atoms with Crippen LogP contribution in [0.1, 0.15) is 6.92 Å². The molecule has 0 aliphatic rings. The van der Waals surface area contributed by atoms with Gasteiger partial charge in [-0.2, -0.15) is 0 Å². The molecule has 0 aromatic carbocycles. The molecular weight excluding hydrogens is 120 g/mol. The first-order chi connectivity index (χ1) is 4.06. The van der Waals surface area contributed by atoms with E-state index in [0.717, 1.165) is 0 Å². The summed E-state index contributed by atoms with van der Waals surface area (Å²) >= 11 is 0. The van der Waals surface area contributed by atoms with Crippen LogP contribution in [-0.2, 0) is 9.47 Å². The van der Waals surface area contributed by atoms with Crippen molar-refractivity contribution in [3.63, 3.8) is 0 Å². The minimum absolute atomic E-state index is 0.618. The first-order valence-corrected chi connectivity index (χ1v) is 2.68. The van der Waals surface area contributed by atoms with Gasteiger partial charge in [0.05, 0.1) is 0 Å². The lowest BCUT2D eigenvalue weighted by Gasteiger charge is -2.29. The standard InChI is InChI=1S/C5H14N2O2/c1-5(8-2,9-3)4(6)7/h4H,6-7H2,1-3H3. The summed E-state index contributed by atoms with van der Waals surface area (Å²) in [7, 11) is 2.99. The molecule has 0 bridgehead atoms. The van der Waals surface area contributed by atoms with Gasteiger partial charge in [0.1, 0.15) is 6.17 Å². The zero-order chi connectivity index (χ0) is 7.49. The summed E-state index contributed by atoms with van der Waals surface area (Å²) in [6.07, 6.45) is -0.618. The molecule has 0 amide bonds. The predicted octanol–water partition coefficient (Wildman–Crippen LogP) is -0.761. The normalized spacial score (nSPS) is 12.7. The van der Waals surface area contributed by atoms with Crippen LogP contribution in [0.3, 0.4) is 0 Å². The van der Waals surface area contributed by atoms with E-state index in [2.05, 4.69) is 0 Å². The summed E-state index contributed by atoms with van der Waals surface area (Å²) in [6, 6.07) is 0. The fraction of sp³-hybridized carbons (Fsp3) is 1.00. The van der Waals surface area contributed by atoms with Gasteiger partial charge in [0.25, 0.3) is 0 Å². The Bertz CT molecular complexity index is 81.0. The topological polar surface area (TPSA) is 70.5 Å². The lowest BCUT2D eigenvalue weighted by molar-refractivity contribution is -0.205. The third-order valence-electron chi connectivity index (χ3n) is 1.42. The molecule has 0 fully saturated rings. The molecule has 4 heteroatoms. The number of rotatable bonds is 3. The predicted molar refractivity (Wildman–Crippen MR) is 34.6 cm³/mol. The van der Waals surface area contributed by atoms with Crippen molar-refractivity contribution in [1.82, 2.24) is 0 Å². The van der Waals surface area contributed by atoms with Crippen molar-refractivity contribution in [3.8, 4) is 0 Å². The van der Waals surface area contributed by atoms with Gasteiger partial charge in [-0.05, 0) is 6.92 Å². The Labute approximate surface area is 55.1 Å². The minimum atomic E-state index is -0.861. The zero-order valence-corrected chi connectivity index (χ0v) is 6.05. The van der Waals surface area contributed by atoms with Gasteiger partial charge in [0.2, 0.25) is 0 Å². The van der Waals surface area contributed by atoms with Crippen LogP contribution in [0.4, 0.5) is 0 Å². The molecule has 9 heavy (non-hydrogen) atoms. The fourth-order valence-electron chi connectivity index (χ4n) is 0.355. The molecule has 4 nitrogen and oxygen atoms in total. The lowest BCUT2D eigenvalue weighted by atomic mass is 10.2. The van der Waals surface area contributed by atoms with E-state index in [0.29, 0.717) is 0 Å². The van der Waals surface area contributed by atoms with Crippen LogP contribution in [-0.4, -0.2) is 26.2 Å². The maximum atomic E-state index is 5.32. The second kappa shape index (κ2) is 3.12. The van der Waals surface area contributed by atoms with E-state index in [4.69, 9.17) is 20.9 Å². The first-order valence-electron chi connectivity index (χ1n) is 2.68. The van der Waals surface area contributed by atoms with Gasteiger partial charge >= 0.3 is 0 Å². The summed E-state index contributed by atoms with van der Waals surface area (Å²) in [5, 5.41) is 0. The third kappa shape index (κ3) is 1.91. The molecule has 0 aliphatic carbocycles. The molecule has 0 unspecified atom stereocenters. The monoisotopic (exact) mass is 134 g/mol. The molecule has 0 aromatic heterocycles. The van der Waals surface area contributed by atoms with Crippen molar-refractivity contribution < 1.29 is 9.47 Å². The molecule has 0 radical (unpaired) electrons. The largest absolute Gasteiger partial charge is 0.351 e. The molecule has 0 saturated carbocycles. The molecule has 0 aliphatic heterocycles. The smallest absolute Gasteiger partial charge is 0.193 e. The minimum Gasteiger partial charge on any atom is -0.351 e. The Morgan fingerprint density at radius 3 is 1.56 bits per heavy atom. The number of methoxy groups -OCH3 is 2. The highest BCUT2D eigenvalue weighted by atomic mass is 16.7. The SMILES string of the molecule is COC(C)(OC)C(N)N. The van der Waals surface area contributed by atoms with Crippen molar-refractivity contribution in [2.24, 2.45) is 11.5 Å². The molecule has 0 heterocycles. The van der Waals surface area contributed by atoms with Gasteiger partial charge < -0.3 is 20.9 Å². The molecule has 0 aromatic rings. The van der Waals surface area contributed by atoms with Gasteiger partial charge in [-0.3, -0.25) is 0 Å². The highest BCUT2D eigenvalue weighted by Crippen LogP contribution is 2.09. The molecule has 0 saturated heterocycles. The molecule has 4 N–H and O–H groups in total. The van der Waals surface area contributed by atoms with Gasteiger partial charge in [-0.25, -0.2) is 0 Å². The van der Waals surface area contributed by atoms with E-state index in [1.165, 1.54) is 14.2 Å². The number of nitrogens with two attached hydrogens (primary N) is 2. The van der Waals surface area contributed by atoms with Gasteiger partial charge in [-0.1, -0.05) is 0 Å². The van der Waals surface area contributed by atoms with E-state index < -0.39 is 12.0 Å². The lowest BCUT2D eigenvalue weighted by Crippen LogP contribution is -2.54. The summed E-state index contributed by atoms with van der Waals surface area (Å²) in [5.74, 6) is -0.861. The van der Waals surface area contributed by atoms with E-state index >= 15 is 0 Å². The quantitative estimate of drug-likeness (QED) is 0.498. The van der Waals surface area contributed by atoms with Gasteiger partial charge in [0.15, 0.2) is 5.79 Å². The summed E-state index contributed by atoms with van der Waals surface area (Å²) in [4.78, 5) is 0. The van der Waals surface area contributed by atoms with Gasteiger partial charge in [-0.15, -0.1) is 0 Å². The van der Waals surface area contributed by atoms with E-state index in [9.17, 15) is 0 Å². The average molecular weight is 134 g/mol. The highest BCUT2D eigenvalue weighted by Gasteiger charge is 2.27.